The number of nitrogens with zero attached hydrogens (tertiary/aromatic N) is 2. The molecule has 0 saturated heterocycles. The molecule has 29 heavy (non-hydrogen) atoms. The Morgan fingerprint density at radius 3 is 2.66 bits per heavy atom. The Labute approximate surface area is 170 Å². The van der Waals surface area contributed by atoms with Crippen LogP contribution in [0.2, 0.25) is 0 Å². The van der Waals surface area contributed by atoms with E-state index in [1.807, 2.05) is 62.6 Å². The number of aryl methyl sites for hydroxylation is 1. The topological polar surface area (TPSA) is 51.7 Å². The van der Waals surface area contributed by atoms with Crippen LogP contribution in [0.3, 0.4) is 0 Å². The minimum atomic E-state index is -0.0563. The molecule has 4 rings (SSSR count). The Balaban J connectivity index is 1.57. The standard InChI is InChI=1S/C24H24N2O3/c1-17-14-25-11-10-20(17)15-26(2)24(27)13-21(18-6-4-3-5-7-18)19-8-9-22-23(12-19)29-16-28-22/h3-12,14,21H,13,15-16H2,1-2H3/t21-/m1/s1. The summed E-state index contributed by atoms with van der Waals surface area (Å²) in [6, 6.07) is 18.0. The molecule has 1 aliphatic rings. The summed E-state index contributed by atoms with van der Waals surface area (Å²) in [5.41, 5.74) is 4.34. The zero-order valence-corrected chi connectivity index (χ0v) is 16.7. The Morgan fingerprint density at radius 2 is 1.86 bits per heavy atom. The molecule has 0 fully saturated rings. The van der Waals surface area contributed by atoms with Crippen molar-refractivity contribution in [1.29, 1.82) is 0 Å². The fraction of sp³-hybridized carbons (Fsp3) is 0.250. The highest BCUT2D eigenvalue weighted by molar-refractivity contribution is 5.77. The van der Waals surface area contributed by atoms with Crippen LogP contribution in [-0.2, 0) is 11.3 Å². The number of benzene rings is 2. The first-order chi connectivity index (χ1) is 14.1. The van der Waals surface area contributed by atoms with Crippen LogP contribution >= 0.6 is 0 Å². The van der Waals surface area contributed by atoms with Crippen LogP contribution in [0, 0.1) is 6.92 Å². The van der Waals surface area contributed by atoms with Crippen LogP contribution in [0.5, 0.6) is 11.5 Å². The minimum absolute atomic E-state index is 0.0563. The molecule has 1 aromatic heterocycles. The molecular formula is C24H24N2O3. The average molecular weight is 388 g/mol. The van der Waals surface area contributed by atoms with Crippen LogP contribution in [0.25, 0.3) is 0 Å². The van der Waals surface area contributed by atoms with E-state index < -0.39 is 0 Å². The van der Waals surface area contributed by atoms with E-state index in [1.54, 1.807) is 11.1 Å². The number of hydrogen-bond acceptors (Lipinski definition) is 4. The molecule has 0 aliphatic carbocycles. The van der Waals surface area contributed by atoms with Crippen LogP contribution < -0.4 is 9.47 Å². The van der Waals surface area contributed by atoms with Gasteiger partial charge in [0.05, 0.1) is 0 Å². The Kier molecular flexibility index (Phi) is 5.47. The van der Waals surface area contributed by atoms with Gasteiger partial charge in [-0.1, -0.05) is 36.4 Å². The molecule has 0 N–H and O–H groups in total. The predicted octanol–water partition coefficient (Wildman–Crippen LogP) is 4.30. The maximum atomic E-state index is 13.1. The lowest BCUT2D eigenvalue weighted by Gasteiger charge is -2.23. The number of pyridine rings is 1. The molecule has 5 nitrogen and oxygen atoms in total. The highest BCUT2D eigenvalue weighted by atomic mass is 16.7. The zero-order chi connectivity index (χ0) is 20.2. The second-order valence-corrected chi connectivity index (χ2v) is 7.33. The van der Waals surface area contributed by atoms with E-state index in [0.717, 1.165) is 33.8 Å². The molecule has 0 bridgehead atoms. The van der Waals surface area contributed by atoms with Crippen LogP contribution in [0.4, 0.5) is 0 Å². The summed E-state index contributed by atoms with van der Waals surface area (Å²) in [4.78, 5) is 19.0. The molecule has 0 unspecified atom stereocenters. The number of ether oxygens (including phenoxy) is 2. The first kappa shape index (κ1) is 19.0. The second kappa shape index (κ2) is 8.35. The van der Waals surface area contributed by atoms with E-state index in [1.165, 1.54) is 0 Å². The van der Waals surface area contributed by atoms with Gasteiger partial charge in [-0.3, -0.25) is 9.78 Å². The van der Waals surface area contributed by atoms with Crippen LogP contribution in [0.15, 0.2) is 67.0 Å². The van der Waals surface area contributed by atoms with Crippen LogP contribution in [-0.4, -0.2) is 29.6 Å². The van der Waals surface area contributed by atoms with Gasteiger partial charge in [0.25, 0.3) is 0 Å². The van der Waals surface area contributed by atoms with Crippen molar-refractivity contribution in [3.8, 4) is 11.5 Å². The molecule has 3 aromatic rings. The number of hydrogen-bond donors (Lipinski definition) is 0. The van der Waals surface area contributed by atoms with Gasteiger partial charge in [0, 0.05) is 38.3 Å². The normalized spacial score (nSPS) is 13.2. The molecule has 1 aliphatic heterocycles. The average Bonchev–Trinajstić information content (AvgIpc) is 3.22. The third kappa shape index (κ3) is 4.24. The Morgan fingerprint density at radius 1 is 1.07 bits per heavy atom. The van der Waals surface area contributed by atoms with Gasteiger partial charge in [0.1, 0.15) is 0 Å². The van der Waals surface area contributed by atoms with Crippen molar-refractivity contribution in [2.75, 3.05) is 13.8 Å². The monoisotopic (exact) mass is 388 g/mol. The van der Waals surface area contributed by atoms with Gasteiger partial charge in [-0.2, -0.15) is 0 Å². The highest BCUT2D eigenvalue weighted by Crippen LogP contribution is 2.37. The third-order valence-corrected chi connectivity index (χ3v) is 5.35. The predicted molar refractivity (Wildman–Crippen MR) is 111 cm³/mol. The lowest BCUT2D eigenvalue weighted by atomic mass is 9.88. The number of rotatable bonds is 6. The smallest absolute Gasteiger partial charge is 0.231 e. The molecule has 5 heteroatoms. The fourth-order valence-electron chi connectivity index (χ4n) is 3.60. The number of aromatic nitrogens is 1. The van der Waals surface area contributed by atoms with Gasteiger partial charge in [-0.15, -0.1) is 0 Å². The van der Waals surface area contributed by atoms with Crippen molar-refractivity contribution in [2.24, 2.45) is 0 Å². The Bertz CT molecular complexity index is 1000. The van der Waals surface area contributed by atoms with Crippen molar-refractivity contribution >= 4 is 5.91 Å². The first-order valence-corrected chi connectivity index (χ1v) is 9.70. The first-order valence-electron chi connectivity index (χ1n) is 9.70. The zero-order valence-electron chi connectivity index (χ0n) is 16.7. The van der Waals surface area contributed by atoms with Crippen LogP contribution in [0.1, 0.15) is 34.6 Å². The minimum Gasteiger partial charge on any atom is -0.454 e. The van der Waals surface area contributed by atoms with E-state index in [0.29, 0.717) is 13.0 Å². The van der Waals surface area contributed by atoms with Gasteiger partial charge in [-0.25, -0.2) is 0 Å². The Hall–Kier alpha value is -3.34. The number of carbonyl (C=O) groups excluding carboxylic acids is 1. The van der Waals surface area contributed by atoms with E-state index >= 15 is 0 Å². The van der Waals surface area contributed by atoms with E-state index in [9.17, 15) is 4.79 Å². The van der Waals surface area contributed by atoms with Gasteiger partial charge in [0.15, 0.2) is 11.5 Å². The summed E-state index contributed by atoms with van der Waals surface area (Å²) in [6.45, 7) is 2.82. The summed E-state index contributed by atoms with van der Waals surface area (Å²) in [6.07, 6.45) is 3.97. The van der Waals surface area contributed by atoms with Crippen molar-refractivity contribution in [3.63, 3.8) is 0 Å². The SMILES string of the molecule is Cc1cnccc1CN(C)C(=O)C[C@H](c1ccccc1)c1ccc2c(c1)OCO2. The van der Waals surface area contributed by atoms with Crippen molar-refractivity contribution in [1.82, 2.24) is 9.88 Å². The summed E-state index contributed by atoms with van der Waals surface area (Å²) >= 11 is 0. The molecule has 2 heterocycles. The number of carbonyl (C=O) groups is 1. The van der Waals surface area contributed by atoms with Gasteiger partial charge < -0.3 is 14.4 Å². The number of amides is 1. The molecule has 0 saturated carbocycles. The van der Waals surface area contributed by atoms with Gasteiger partial charge in [-0.05, 0) is 47.4 Å². The van der Waals surface area contributed by atoms with E-state index in [2.05, 4.69) is 17.1 Å². The molecule has 2 aromatic carbocycles. The van der Waals surface area contributed by atoms with Gasteiger partial charge >= 0.3 is 0 Å². The van der Waals surface area contributed by atoms with Crippen molar-refractivity contribution < 1.29 is 14.3 Å². The molecule has 1 amide bonds. The molecular weight excluding hydrogens is 364 g/mol. The summed E-state index contributed by atoms with van der Waals surface area (Å²) in [7, 11) is 1.85. The molecule has 148 valence electrons. The molecule has 0 spiro atoms. The second-order valence-electron chi connectivity index (χ2n) is 7.33. The van der Waals surface area contributed by atoms with E-state index in [-0.39, 0.29) is 18.6 Å². The highest BCUT2D eigenvalue weighted by Gasteiger charge is 2.23. The number of fused-ring (bicyclic) bond motifs is 1. The lowest BCUT2D eigenvalue weighted by Crippen LogP contribution is -2.28. The summed E-state index contributed by atoms with van der Waals surface area (Å²) in [5.74, 6) is 1.51. The van der Waals surface area contributed by atoms with E-state index in [4.69, 9.17) is 9.47 Å². The largest absolute Gasteiger partial charge is 0.454 e. The maximum absolute atomic E-state index is 13.1. The summed E-state index contributed by atoms with van der Waals surface area (Å²) in [5, 5.41) is 0. The molecule has 0 radical (unpaired) electrons. The maximum Gasteiger partial charge on any atom is 0.231 e. The van der Waals surface area contributed by atoms with Crippen molar-refractivity contribution in [3.05, 3.63) is 89.2 Å². The quantitative estimate of drug-likeness (QED) is 0.632. The lowest BCUT2D eigenvalue weighted by molar-refractivity contribution is -0.130. The molecule has 1 atom stereocenters. The van der Waals surface area contributed by atoms with Crippen molar-refractivity contribution in [2.45, 2.75) is 25.8 Å². The van der Waals surface area contributed by atoms with Gasteiger partial charge in [0.2, 0.25) is 12.7 Å². The third-order valence-electron chi connectivity index (χ3n) is 5.35. The summed E-state index contributed by atoms with van der Waals surface area (Å²) < 4.78 is 11.0. The fourth-order valence-corrected chi connectivity index (χ4v) is 3.60.